The summed E-state index contributed by atoms with van der Waals surface area (Å²) in [5.74, 6) is -0.649. The summed E-state index contributed by atoms with van der Waals surface area (Å²) in [6.07, 6.45) is 54.6. The van der Waals surface area contributed by atoms with Crippen LogP contribution >= 0.6 is 7.82 Å². The van der Waals surface area contributed by atoms with Crippen LogP contribution in [0.5, 0.6) is 0 Å². The van der Waals surface area contributed by atoms with Gasteiger partial charge in [0.2, 0.25) is 5.91 Å². The minimum absolute atomic E-state index is 0.0377. The second kappa shape index (κ2) is 44.3. The Morgan fingerprint density at radius 1 is 0.578 bits per heavy atom. The zero-order valence-corrected chi connectivity index (χ0v) is 42.9. The molecule has 3 atom stereocenters. The average molecular weight is 917 g/mol. The molecule has 3 unspecified atom stereocenters. The minimum atomic E-state index is -4.71. The zero-order valence-electron chi connectivity index (χ0n) is 42.0. The third kappa shape index (κ3) is 44.6. The summed E-state index contributed by atoms with van der Waals surface area (Å²) in [7, 11) is 1.13. The van der Waals surface area contributed by atoms with Crippen molar-refractivity contribution in [1.29, 1.82) is 0 Å². The standard InChI is InChI=1S/C54H97N2O7P/c1-7-10-13-16-19-22-25-28-31-34-37-40-43-46-53(57)55-51(50-62-64(59,60)61-49-48-56(4,5)6)52(45-42-39-36-33-30-27-24-21-18-15-12-9-3)63-54(58)47-44-41-38-35-32-29-26-23-20-17-14-11-8-2/h11,14,17,20,23,26,28,31,37,40,42,45,51-52H,7-10,12-13,15-16,18-19,21-22,24-25,27,29-30,32-36,38-39,41,43-44,46-50H2,1-6H3,(H-,55,57,59,60)/b14-11+,20-17+,26-23-,31-28-,40-37+,45-42+. The number of ether oxygens (including phenoxy) is 1. The van der Waals surface area contributed by atoms with Crippen molar-refractivity contribution in [2.24, 2.45) is 0 Å². The third-order valence-electron chi connectivity index (χ3n) is 10.9. The molecule has 0 bridgehead atoms. The highest BCUT2D eigenvalue weighted by atomic mass is 31.2. The van der Waals surface area contributed by atoms with Crippen molar-refractivity contribution in [3.05, 3.63) is 72.9 Å². The van der Waals surface area contributed by atoms with Gasteiger partial charge in [-0.3, -0.25) is 14.2 Å². The van der Waals surface area contributed by atoms with Gasteiger partial charge in [-0.25, -0.2) is 0 Å². The second-order valence-electron chi connectivity index (χ2n) is 18.3. The molecule has 0 aromatic heterocycles. The molecule has 0 radical (unpaired) electrons. The number of hydrogen-bond donors (Lipinski definition) is 1. The normalized spacial score (nSPS) is 14.5. The molecule has 0 fully saturated rings. The van der Waals surface area contributed by atoms with E-state index in [9.17, 15) is 19.0 Å². The summed E-state index contributed by atoms with van der Waals surface area (Å²) in [6, 6.07) is -0.927. The molecular weight excluding hydrogens is 820 g/mol. The maximum absolute atomic E-state index is 13.4. The number of carbonyl (C=O) groups is 2. The highest BCUT2D eigenvalue weighted by molar-refractivity contribution is 7.45. The van der Waals surface area contributed by atoms with Gasteiger partial charge in [0.15, 0.2) is 0 Å². The number of rotatable bonds is 45. The fraction of sp³-hybridized carbons (Fsp3) is 0.741. The highest BCUT2D eigenvalue weighted by Crippen LogP contribution is 2.38. The van der Waals surface area contributed by atoms with Gasteiger partial charge in [0.25, 0.3) is 7.82 Å². The number of nitrogens with one attached hydrogen (secondary N) is 1. The van der Waals surface area contributed by atoms with Gasteiger partial charge in [-0.15, -0.1) is 0 Å². The van der Waals surface area contributed by atoms with Crippen molar-refractivity contribution in [1.82, 2.24) is 5.32 Å². The maximum Gasteiger partial charge on any atom is 0.306 e. The quantitative estimate of drug-likeness (QED) is 0.0162. The molecule has 0 aliphatic heterocycles. The van der Waals surface area contributed by atoms with Gasteiger partial charge in [0, 0.05) is 12.8 Å². The molecule has 0 aliphatic rings. The van der Waals surface area contributed by atoms with E-state index in [4.69, 9.17) is 13.8 Å². The van der Waals surface area contributed by atoms with Gasteiger partial charge in [-0.2, -0.15) is 0 Å². The largest absolute Gasteiger partial charge is 0.756 e. The average Bonchev–Trinajstić information content (AvgIpc) is 3.25. The number of unbranched alkanes of at least 4 members (excludes halogenated alkanes) is 21. The second-order valence-corrected chi connectivity index (χ2v) is 19.8. The van der Waals surface area contributed by atoms with Crippen LogP contribution in [0.4, 0.5) is 0 Å². The first kappa shape index (κ1) is 61.5. The molecule has 64 heavy (non-hydrogen) atoms. The smallest absolute Gasteiger partial charge is 0.306 e. The first-order valence-corrected chi connectivity index (χ1v) is 27.2. The van der Waals surface area contributed by atoms with Crippen LogP contribution in [-0.4, -0.2) is 69.4 Å². The Kier molecular flexibility index (Phi) is 42.5. The summed E-state index contributed by atoms with van der Waals surface area (Å²) in [5, 5.41) is 2.96. The van der Waals surface area contributed by atoms with Gasteiger partial charge in [-0.1, -0.05) is 197 Å². The van der Waals surface area contributed by atoms with Crippen LogP contribution in [-0.2, 0) is 27.9 Å². The van der Waals surface area contributed by atoms with E-state index in [0.717, 1.165) is 70.6 Å². The Hall–Kier alpha value is -2.55. The van der Waals surface area contributed by atoms with Crippen molar-refractivity contribution in [2.45, 2.75) is 219 Å². The van der Waals surface area contributed by atoms with Crippen LogP contribution in [0.2, 0.25) is 0 Å². The lowest BCUT2D eigenvalue weighted by Gasteiger charge is -2.30. The SMILES string of the molecule is CC/C=C/C=C/C=C\CCCCCCCC(=O)OC(/C=C/CCCCCCCCCCCC)C(COP(=O)([O-])OCC[N+](C)(C)C)NC(=O)CC/C=C/C/C=C\CCCCCCCC. The molecule has 0 saturated carbocycles. The number of phosphoric ester groups is 1. The summed E-state index contributed by atoms with van der Waals surface area (Å²) in [6.45, 7) is 6.61. The van der Waals surface area contributed by atoms with Crippen LogP contribution in [0.3, 0.4) is 0 Å². The number of hydrogen-bond acceptors (Lipinski definition) is 7. The maximum atomic E-state index is 13.4. The van der Waals surface area contributed by atoms with Crippen molar-refractivity contribution in [3.63, 3.8) is 0 Å². The lowest BCUT2D eigenvalue weighted by atomic mass is 10.1. The molecule has 1 N–H and O–H groups in total. The number of carbonyl (C=O) groups excluding carboxylic acids is 2. The molecule has 0 aliphatic carbocycles. The summed E-state index contributed by atoms with van der Waals surface area (Å²) >= 11 is 0. The molecule has 0 spiro atoms. The van der Waals surface area contributed by atoms with E-state index < -0.39 is 26.6 Å². The Balaban J connectivity index is 5.56. The Morgan fingerprint density at radius 3 is 1.64 bits per heavy atom. The van der Waals surface area contributed by atoms with E-state index >= 15 is 0 Å². The van der Waals surface area contributed by atoms with E-state index in [1.54, 1.807) is 6.08 Å². The fourth-order valence-corrected chi connectivity index (χ4v) is 7.65. The molecule has 370 valence electrons. The Morgan fingerprint density at radius 2 is 1.08 bits per heavy atom. The predicted molar refractivity (Wildman–Crippen MR) is 270 cm³/mol. The molecule has 0 aromatic carbocycles. The molecule has 9 nitrogen and oxygen atoms in total. The number of nitrogens with zero attached hydrogens (tertiary/aromatic N) is 1. The molecule has 0 heterocycles. The predicted octanol–water partition coefficient (Wildman–Crippen LogP) is 14.3. The topological polar surface area (TPSA) is 114 Å². The van der Waals surface area contributed by atoms with E-state index in [1.165, 1.54) is 89.9 Å². The number of esters is 1. The van der Waals surface area contributed by atoms with Crippen molar-refractivity contribution >= 4 is 19.7 Å². The molecular formula is C54H97N2O7P. The fourth-order valence-electron chi connectivity index (χ4n) is 6.92. The van der Waals surface area contributed by atoms with Gasteiger partial charge >= 0.3 is 5.97 Å². The molecule has 0 saturated heterocycles. The number of likely N-dealkylation sites (N-methyl/N-ethyl adjacent to an activating group) is 1. The van der Waals surface area contributed by atoms with Crippen molar-refractivity contribution in [2.75, 3.05) is 40.9 Å². The van der Waals surface area contributed by atoms with Crippen molar-refractivity contribution < 1.29 is 37.3 Å². The third-order valence-corrected chi connectivity index (χ3v) is 11.9. The minimum Gasteiger partial charge on any atom is -0.756 e. The molecule has 0 rings (SSSR count). The lowest BCUT2D eigenvalue weighted by Crippen LogP contribution is -2.47. The Labute approximate surface area is 393 Å². The Bertz CT molecular complexity index is 1330. The van der Waals surface area contributed by atoms with Gasteiger partial charge in [0.1, 0.15) is 19.3 Å². The van der Waals surface area contributed by atoms with E-state index in [0.29, 0.717) is 23.9 Å². The van der Waals surface area contributed by atoms with E-state index in [2.05, 4.69) is 74.7 Å². The van der Waals surface area contributed by atoms with E-state index in [-0.39, 0.29) is 31.3 Å². The van der Waals surface area contributed by atoms with Crippen LogP contribution in [0.15, 0.2) is 72.9 Å². The monoisotopic (exact) mass is 917 g/mol. The van der Waals surface area contributed by atoms with Gasteiger partial charge in [0.05, 0.1) is 33.8 Å². The number of amides is 1. The summed E-state index contributed by atoms with van der Waals surface area (Å²) < 4.78 is 30.0. The number of phosphoric acid groups is 1. The van der Waals surface area contributed by atoms with E-state index in [1.807, 2.05) is 39.4 Å². The summed E-state index contributed by atoms with van der Waals surface area (Å²) in [4.78, 5) is 39.6. The number of allylic oxidation sites excluding steroid dienone is 11. The first-order chi connectivity index (χ1) is 30.9. The first-order valence-electron chi connectivity index (χ1n) is 25.8. The van der Waals surface area contributed by atoms with Crippen LogP contribution in [0, 0.1) is 0 Å². The van der Waals surface area contributed by atoms with Crippen LogP contribution in [0.25, 0.3) is 0 Å². The van der Waals surface area contributed by atoms with Crippen molar-refractivity contribution in [3.8, 4) is 0 Å². The molecule has 0 aromatic rings. The lowest BCUT2D eigenvalue weighted by molar-refractivity contribution is -0.870. The van der Waals surface area contributed by atoms with Gasteiger partial charge < -0.3 is 28.5 Å². The zero-order chi connectivity index (χ0) is 47.3. The van der Waals surface area contributed by atoms with Crippen LogP contribution < -0.4 is 10.2 Å². The van der Waals surface area contributed by atoms with Crippen LogP contribution in [0.1, 0.15) is 207 Å². The highest BCUT2D eigenvalue weighted by Gasteiger charge is 2.27. The molecule has 1 amide bonds. The summed E-state index contributed by atoms with van der Waals surface area (Å²) in [5.41, 5.74) is 0. The van der Waals surface area contributed by atoms with Gasteiger partial charge in [-0.05, 0) is 70.3 Å². The number of quaternary nitrogens is 1. The molecule has 10 heteroatoms.